The van der Waals surface area contributed by atoms with Crippen LogP contribution < -0.4 is 15.5 Å². The van der Waals surface area contributed by atoms with Gasteiger partial charge in [-0.25, -0.2) is 21.6 Å². The van der Waals surface area contributed by atoms with Gasteiger partial charge in [0.25, 0.3) is 0 Å². The summed E-state index contributed by atoms with van der Waals surface area (Å²) in [5, 5.41) is 15.2. The second-order valence-electron chi connectivity index (χ2n) is 15.9. The van der Waals surface area contributed by atoms with Gasteiger partial charge in [-0.15, -0.1) is 0 Å². The molecule has 3 aromatic rings. The highest BCUT2D eigenvalue weighted by atomic mass is 32.2. The van der Waals surface area contributed by atoms with E-state index < -0.39 is 37.0 Å². The number of amides is 2. The van der Waals surface area contributed by atoms with Crippen LogP contribution in [0.3, 0.4) is 0 Å². The van der Waals surface area contributed by atoms with Crippen LogP contribution in [-0.4, -0.2) is 72.2 Å². The van der Waals surface area contributed by atoms with Crippen molar-refractivity contribution in [2.45, 2.75) is 99.7 Å². The van der Waals surface area contributed by atoms with E-state index in [9.17, 15) is 45.4 Å². The number of hydrogen-bond acceptors (Lipinski definition) is 10. The van der Waals surface area contributed by atoms with Gasteiger partial charge in [0.2, 0.25) is 17.5 Å². The number of nitrogens with zero attached hydrogens (tertiary/aromatic N) is 2. The van der Waals surface area contributed by atoms with Gasteiger partial charge in [0.1, 0.15) is 26.8 Å². The number of rotatable bonds is 3. The highest BCUT2D eigenvalue weighted by molar-refractivity contribution is 7.86. The first-order valence-corrected chi connectivity index (χ1v) is 22.0. The zero-order valence-electron chi connectivity index (χ0n) is 32.8. The van der Waals surface area contributed by atoms with Crippen molar-refractivity contribution in [1.29, 1.82) is 0 Å². The molecule has 3 heterocycles. The number of fused-ring (bicyclic) bond motifs is 7. The first kappa shape index (κ1) is 42.4. The molecule has 2 amide bonds. The number of carboxylic acids is 1. The van der Waals surface area contributed by atoms with E-state index in [1.54, 1.807) is 12.1 Å². The maximum atomic E-state index is 13.0. The standard InChI is InChI=1S/C42H48N4O10S2/c1-41(2)32-25-30(57(51,52)53)16-18-34(32)45-20-9-5-7-14-38(47)43-28-22-27(40(49)50)23-29(24-28)44-39(48)15-8-6-10-21-46-35-19-17-31(58(54,55)56)26-33(35)42(3,4)37(46)13-11-12-36(41)45/h11-13,16-19,22-26H,5-10,14-15,20-21H2,1-4H3,(H4-,43,44,47,48,49,50,51,52,53,54,55,56)/p-1. The van der Waals surface area contributed by atoms with Crippen molar-refractivity contribution in [3.8, 4) is 0 Å². The molecule has 3 aliphatic heterocycles. The molecular weight excluding hydrogens is 785 g/mol. The molecule has 0 fully saturated rings. The van der Waals surface area contributed by atoms with Crippen LogP contribution in [0.15, 0.2) is 88.3 Å². The van der Waals surface area contributed by atoms with Crippen LogP contribution in [0.4, 0.5) is 22.7 Å². The zero-order chi connectivity index (χ0) is 42.2. The van der Waals surface area contributed by atoms with Gasteiger partial charge in [0, 0.05) is 71.7 Å². The lowest BCUT2D eigenvalue weighted by Crippen LogP contribution is -2.28. The number of allylic oxidation sites excluding steroid dienone is 4. The summed E-state index contributed by atoms with van der Waals surface area (Å²) in [6, 6.07) is 13.0. The lowest BCUT2D eigenvalue weighted by atomic mass is 9.81. The van der Waals surface area contributed by atoms with Gasteiger partial charge in [-0.05, 0) is 99.7 Å². The van der Waals surface area contributed by atoms with Crippen LogP contribution in [0.5, 0.6) is 0 Å². The van der Waals surface area contributed by atoms with Crippen molar-refractivity contribution in [2.75, 3.05) is 28.6 Å². The first-order valence-electron chi connectivity index (χ1n) is 19.2. The highest BCUT2D eigenvalue weighted by Crippen LogP contribution is 2.49. The van der Waals surface area contributed by atoms with Crippen molar-refractivity contribution >= 4 is 66.5 Å². The van der Waals surface area contributed by atoms with Gasteiger partial charge >= 0.3 is 5.97 Å². The average Bonchev–Trinajstić information content (AvgIpc) is 3.47. The third-order valence-electron chi connectivity index (χ3n) is 11.1. The Balaban J connectivity index is 1.39. The molecule has 0 radical (unpaired) electrons. The normalized spacial score (nSPS) is 20.6. The topological polar surface area (TPSA) is 216 Å². The van der Waals surface area contributed by atoms with E-state index in [0.717, 1.165) is 22.8 Å². The molecular formula is C42H47N4O10S2-. The van der Waals surface area contributed by atoms with Gasteiger partial charge in [-0.2, -0.15) is 4.58 Å². The quantitative estimate of drug-likeness (QED) is 0.191. The maximum Gasteiger partial charge on any atom is 0.335 e. The maximum absolute atomic E-state index is 13.0. The van der Waals surface area contributed by atoms with E-state index in [4.69, 9.17) is 0 Å². The number of benzene rings is 3. The Morgan fingerprint density at radius 3 is 1.90 bits per heavy atom. The molecule has 0 saturated heterocycles. The Morgan fingerprint density at radius 2 is 1.31 bits per heavy atom. The molecule has 308 valence electrons. The molecule has 0 saturated carbocycles. The number of aromatic carboxylic acids is 1. The molecule has 58 heavy (non-hydrogen) atoms. The Morgan fingerprint density at radius 1 is 0.741 bits per heavy atom. The van der Waals surface area contributed by atoms with Crippen LogP contribution in [0.1, 0.15) is 101 Å². The van der Waals surface area contributed by atoms with Gasteiger partial charge in [0.05, 0.1) is 20.8 Å². The van der Waals surface area contributed by atoms with Crippen LogP contribution >= 0.6 is 0 Å². The number of anilines is 3. The lowest BCUT2D eigenvalue weighted by molar-refractivity contribution is -0.438. The van der Waals surface area contributed by atoms with E-state index >= 15 is 0 Å². The second kappa shape index (κ2) is 16.2. The monoisotopic (exact) mass is 831 g/mol. The minimum atomic E-state index is -4.73. The third kappa shape index (κ3) is 8.94. The van der Waals surface area contributed by atoms with E-state index in [0.29, 0.717) is 62.7 Å². The molecule has 3 aromatic carbocycles. The summed E-state index contributed by atoms with van der Waals surface area (Å²) in [7, 11) is -9.45. The van der Waals surface area contributed by atoms with Crippen LogP contribution in [-0.2, 0) is 40.7 Å². The van der Waals surface area contributed by atoms with Crippen LogP contribution in [0, 0.1) is 0 Å². The number of carboxylic acid groups (broad SMARTS) is 1. The average molecular weight is 832 g/mol. The lowest BCUT2D eigenvalue weighted by Gasteiger charge is -2.27. The van der Waals surface area contributed by atoms with Crippen LogP contribution in [0.25, 0.3) is 0 Å². The molecule has 6 rings (SSSR count). The molecule has 0 unspecified atom stereocenters. The molecule has 14 nitrogen and oxygen atoms in total. The SMILES string of the molecule is CC1(C)C2=[N+](CCCCCC(=O)Nc3cc(cc(C(=O)O)c3)NC(=O)CCCCCN3/C(=C/C=C/2)C(C)(C)c2cc(S(=O)(=O)[O-])ccc23)c2ccc(S(=O)(=O)[O-])cc21. The summed E-state index contributed by atoms with van der Waals surface area (Å²) in [5.74, 6) is -1.84. The fourth-order valence-electron chi connectivity index (χ4n) is 8.14. The number of nitrogens with one attached hydrogen (secondary N) is 2. The Labute approximate surface area is 338 Å². The third-order valence-corrected chi connectivity index (χ3v) is 12.8. The predicted molar refractivity (Wildman–Crippen MR) is 217 cm³/mol. The summed E-state index contributed by atoms with van der Waals surface area (Å²) >= 11 is 0. The van der Waals surface area contributed by atoms with Crippen molar-refractivity contribution in [3.05, 3.63) is 95.2 Å². The summed E-state index contributed by atoms with van der Waals surface area (Å²) in [6.07, 6.45) is 9.75. The molecule has 0 atom stereocenters. The zero-order valence-corrected chi connectivity index (χ0v) is 34.5. The fraction of sp³-hybridized carbons (Fsp3) is 0.381. The molecule has 0 aliphatic carbocycles. The molecule has 0 aromatic heterocycles. The predicted octanol–water partition coefficient (Wildman–Crippen LogP) is 6.52. The molecule has 3 aliphatic rings. The fourth-order valence-corrected chi connectivity index (χ4v) is 9.13. The molecule has 2 bridgehead atoms. The Kier molecular flexibility index (Phi) is 11.9. The summed E-state index contributed by atoms with van der Waals surface area (Å²) in [5.41, 5.74) is 3.49. The number of carbonyl (C=O) groups excluding carboxylic acids is 2. The van der Waals surface area contributed by atoms with Gasteiger partial charge < -0.3 is 29.7 Å². The van der Waals surface area contributed by atoms with E-state index in [1.165, 1.54) is 42.5 Å². The molecule has 16 heteroatoms. The van der Waals surface area contributed by atoms with Crippen molar-refractivity contribution in [3.63, 3.8) is 0 Å². The van der Waals surface area contributed by atoms with E-state index in [1.807, 2.05) is 45.9 Å². The smallest absolute Gasteiger partial charge is 0.335 e. The van der Waals surface area contributed by atoms with Crippen LogP contribution in [0.2, 0.25) is 0 Å². The Hall–Kier alpha value is -5.16. The van der Waals surface area contributed by atoms with Gasteiger partial charge in [-0.3, -0.25) is 9.59 Å². The van der Waals surface area contributed by atoms with E-state index in [2.05, 4.69) is 20.1 Å². The van der Waals surface area contributed by atoms with Gasteiger partial charge in [-0.1, -0.05) is 26.3 Å². The largest absolute Gasteiger partial charge is 0.744 e. The Bertz CT molecular complexity index is 2500. The minimum absolute atomic E-state index is 0.0953. The summed E-state index contributed by atoms with van der Waals surface area (Å²) in [6.45, 7) is 8.84. The number of hydrogen-bond donors (Lipinski definition) is 3. The van der Waals surface area contributed by atoms with Gasteiger partial charge in [0.15, 0.2) is 5.71 Å². The van der Waals surface area contributed by atoms with Crippen molar-refractivity contribution < 1.29 is 50.0 Å². The van der Waals surface area contributed by atoms with E-state index in [-0.39, 0.29) is 51.4 Å². The number of carbonyl (C=O) groups is 3. The molecule has 0 spiro atoms. The van der Waals surface area contributed by atoms with Crippen molar-refractivity contribution in [2.24, 2.45) is 0 Å². The summed E-state index contributed by atoms with van der Waals surface area (Å²) < 4.78 is 74.5. The second-order valence-corrected chi connectivity index (χ2v) is 18.7. The minimum Gasteiger partial charge on any atom is -0.744 e. The van der Waals surface area contributed by atoms with Crippen molar-refractivity contribution in [1.82, 2.24) is 0 Å². The molecule has 3 N–H and O–H groups in total. The first-order chi connectivity index (χ1) is 27.2. The summed E-state index contributed by atoms with van der Waals surface area (Å²) in [4.78, 5) is 39.2. The highest BCUT2D eigenvalue weighted by Gasteiger charge is 2.45.